The maximum atomic E-state index is 12.9. The number of aromatic nitrogens is 2. The maximum Gasteiger partial charge on any atom is 0.420 e. The van der Waals surface area contributed by atoms with Crippen molar-refractivity contribution in [2.45, 2.75) is 58.1 Å². The molecule has 11 nitrogen and oxygen atoms in total. The van der Waals surface area contributed by atoms with Gasteiger partial charge >= 0.3 is 11.8 Å². The fourth-order valence-electron chi connectivity index (χ4n) is 6.08. The Hall–Kier alpha value is -5.69. The zero-order valence-corrected chi connectivity index (χ0v) is 31.4. The topological polar surface area (TPSA) is 159 Å². The predicted octanol–water partition coefficient (Wildman–Crippen LogP) is 8.46. The highest BCUT2D eigenvalue weighted by molar-refractivity contribution is 6.74. The van der Waals surface area contributed by atoms with Gasteiger partial charge in [-0.3, -0.25) is 14.7 Å². The number of aromatic hydroxyl groups is 1. The third-order valence-electron chi connectivity index (χ3n) is 9.86. The Morgan fingerprint density at radius 3 is 2.51 bits per heavy atom. The molecule has 6 aromatic rings. The molecule has 0 aliphatic rings. The van der Waals surface area contributed by atoms with Crippen molar-refractivity contribution in [3.63, 3.8) is 0 Å². The molecule has 0 aliphatic carbocycles. The van der Waals surface area contributed by atoms with Gasteiger partial charge < -0.3 is 29.4 Å². The molecule has 0 saturated heterocycles. The lowest BCUT2D eigenvalue weighted by atomic mass is 10.0. The molecule has 2 heterocycles. The number of carbonyl (C=O) groups is 1. The van der Waals surface area contributed by atoms with Gasteiger partial charge in [0.2, 0.25) is 5.56 Å². The van der Waals surface area contributed by atoms with Gasteiger partial charge in [0.15, 0.2) is 13.9 Å². The molecular weight excluding hydrogens is 689 g/mol. The van der Waals surface area contributed by atoms with Crippen LogP contribution in [0.1, 0.15) is 43.6 Å². The van der Waals surface area contributed by atoms with Crippen molar-refractivity contribution in [2.24, 2.45) is 0 Å². The lowest BCUT2D eigenvalue weighted by Crippen LogP contribution is -2.43. The number of fused-ring (bicyclic) bond motifs is 2. The minimum Gasteiger partial charge on any atom is -0.506 e. The van der Waals surface area contributed by atoms with Crippen LogP contribution in [0.3, 0.4) is 0 Å². The second kappa shape index (κ2) is 15.1. The van der Waals surface area contributed by atoms with Crippen molar-refractivity contribution in [1.29, 1.82) is 0 Å². The third kappa shape index (κ3) is 8.36. The van der Waals surface area contributed by atoms with Crippen LogP contribution in [0.2, 0.25) is 18.1 Å². The molecule has 0 spiro atoms. The van der Waals surface area contributed by atoms with Gasteiger partial charge in [-0.1, -0.05) is 87.5 Å². The lowest BCUT2D eigenvalue weighted by Gasteiger charge is -2.39. The maximum absolute atomic E-state index is 12.9. The number of oxazole rings is 1. The number of hydrogen-bond donors (Lipinski definition) is 5. The van der Waals surface area contributed by atoms with E-state index in [9.17, 15) is 24.6 Å². The number of carboxylic acid groups (broad SMARTS) is 1. The summed E-state index contributed by atoms with van der Waals surface area (Å²) in [5.41, 5.74) is 5.85. The van der Waals surface area contributed by atoms with Crippen molar-refractivity contribution >= 4 is 48.2 Å². The molecule has 0 saturated carbocycles. The third-order valence-corrected chi connectivity index (χ3v) is 14.3. The summed E-state index contributed by atoms with van der Waals surface area (Å²) < 4.78 is 14.1. The second-order valence-corrected chi connectivity index (χ2v) is 19.3. The highest BCUT2D eigenvalue weighted by Crippen LogP contribution is 2.41. The number of allylic oxidation sites excluding steroid dienone is 1. The van der Waals surface area contributed by atoms with Gasteiger partial charge in [-0.25, -0.2) is 9.59 Å². The van der Waals surface area contributed by atoms with Crippen molar-refractivity contribution in [2.75, 3.05) is 11.9 Å². The molecule has 274 valence electrons. The van der Waals surface area contributed by atoms with E-state index >= 15 is 0 Å². The summed E-state index contributed by atoms with van der Waals surface area (Å²) in [6.07, 6.45) is 2.14. The zero-order chi connectivity index (χ0) is 37.9. The highest BCUT2D eigenvalue weighted by Gasteiger charge is 2.39. The molecule has 6 rings (SSSR count). The Kier molecular flexibility index (Phi) is 10.6. The fourth-order valence-corrected chi connectivity index (χ4v) is 7.35. The molecule has 1 atom stereocenters. The first-order valence-electron chi connectivity index (χ1n) is 17.4. The van der Waals surface area contributed by atoms with Gasteiger partial charge in [0.1, 0.15) is 5.75 Å². The molecular formula is C41H44N4O7Si. The van der Waals surface area contributed by atoms with Crippen molar-refractivity contribution in [3.8, 4) is 16.9 Å². The summed E-state index contributed by atoms with van der Waals surface area (Å²) in [6, 6.07) is 27.3. The number of benzene rings is 4. The van der Waals surface area contributed by atoms with Crippen molar-refractivity contribution in [1.82, 2.24) is 14.9 Å². The first kappa shape index (κ1) is 37.1. The molecule has 1 amide bonds. The van der Waals surface area contributed by atoms with Gasteiger partial charge in [0, 0.05) is 36.7 Å². The van der Waals surface area contributed by atoms with Gasteiger partial charge in [-0.2, -0.15) is 0 Å². The van der Waals surface area contributed by atoms with Crippen LogP contribution >= 0.6 is 0 Å². The smallest absolute Gasteiger partial charge is 0.420 e. The van der Waals surface area contributed by atoms with Gasteiger partial charge in [0.25, 0.3) is 0 Å². The minimum atomic E-state index is -2.25. The Bertz CT molecular complexity index is 2420. The van der Waals surface area contributed by atoms with E-state index in [1.807, 2.05) is 78.9 Å². The number of nitrogens with zero attached hydrogens (tertiary/aromatic N) is 1. The Morgan fingerprint density at radius 1 is 1.00 bits per heavy atom. The summed E-state index contributed by atoms with van der Waals surface area (Å²) in [7, 11) is -2.25. The van der Waals surface area contributed by atoms with Crippen molar-refractivity contribution in [3.05, 3.63) is 135 Å². The van der Waals surface area contributed by atoms with Crippen LogP contribution < -0.4 is 21.9 Å². The van der Waals surface area contributed by atoms with Crippen LogP contribution in [0.4, 0.5) is 10.5 Å². The fraction of sp³-hybridized carbons (Fsp3) is 0.244. The van der Waals surface area contributed by atoms with Gasteiger partial charge in [-0.05, 0) is 70.7 Å². The van der Waals surface area contributed by atoms with E-state index in [0.29, 0.717) is 35.4 Å². The number of hydrogen-bond acceptors (Lipinski definition) is 7. The molecule has 0 radical (unpaired) electrons. The molecule has 12 heteroatoms. The van der Waals surface area contributed by atoms with E-state index in [-0.39, 0.29) is 29.0 Å². The summed E-state index contributed by atoms with van der Waals surface area (Å²) in [4.78, 5) is 39.2. The van der Waals surface area contributed by atoms with Crippen LogP contribution in [-0.4, -0.2) is 40.7 Å². The second-order valence-electron chi connectivity index (χ2n) is 14.6. The summed E-state index contributed by atoms with van der Waals surface area (Å²) in [5, 5.41) is 26.6. The number of aromatic amines is 1. The van der Waals surface area contributed by atoms with Crippen LogP contribution in [0.25, 0.3) is 39.2 Å². The summed E-state index contributed by atoms with van der Waals surface area (Å²) in [6.45, 7) is 12.1. The van der Waals surface area contributed by atoms with Crippen molar-refractivity contribution < 1.29 is 23.9 Å². The zero-order valence-electron chi connectivity index (χ0n) is 30.4. The molecule has 2 aromatic heterocycles. The molecule has 0 bridgehead atoms. The van der Waals surface area contributed by atoms with Crippen LogP contribution in [0.5, 0.6) is 5.75 Å². The lowest BCUT2D eigenvalue weighted by molar-refractivity contribution is 0.181. The molecule has 4 aromatic carbocycles. The number of anilines is 1. The summed E-state index contributed by atoms with van der Waals surface area (Å²) in [5.74, 6) is -0.486. The minimum absolute atomic E-state index is 0.00243. The molecule has 0 aliphatic heterocycles. The summed E-state index contributed by atoms with van der Waals surface area (Å²) >= 11 is 0. The standard InChI is InChI=1S/C41H44N4O7Si/c1-41(2,3)53(4,5)52-36(30-16-19-34(46)38-31(30)17-20-37(47)44-38)25-42-24-27-14-18-33-35(23-27)51-40(50)45(33)21-9-10-26-13-15-29(28-11-7-6-8-12-28)32(22-26)43-39(48)49/h6-20,22-23,36,42-43,46H,21,24-25H2,1-5H3,(H,44,47)(H,48,49)/b10-9+/t36-/m0/s1. The number of amides is 1. The molecule has 53 heavy (non-hydrogen) atoms. The normalized spacial score (nSPS) is 12.8. The molecule has 5 N–H and O–H groups in total. The monoisotopic (exact) mass is 732 g/mol. The van der Waals surface area contributed by atoms with E-state index in [1.54, 1.807) is 22.8 Å². The quantitative estimate of drug-likeness (QED) is 0.0784. The average molecular weight is 733 g/mol. The number of pyridine rings is 1. The van der Waals surface area contributed by atoms with E-state index in [0.717, 1.165) is 33.2 Å². The average Bonchev–Trinajstić information content (AvgIpc) is 3.41. The van der Waals surface area contributed by atoms with Crippen LogP contribution in [-0.2, 0) is 17.5 Å². The number of H-pyrrole nitrogens is 1. The van der Waals surface area contributed by atoms with E-state index < -0.39 is 20.2 Å². The van der Waals surface area contributed by atoms with Crippen LogP contribution in [0, 0.1) is 0 Å². The first-order valence-corrected chi connectivity index (χ1v) is 20.3. The van der Waals surface area contributed by atoms with E-state index in [1.165, 1.54) is 6.07 Å². The Labute approximate surface area is 307 Å². The SMILES string of the molecule is CC(C)(C)[Si](C)(C)O[C@@H](CNCc1ccc2c(c1)oc(=O)n2C/C=C/c1ccc(-c2ccccc2)c(NC(=O)O)c1)c1ccc(O)c2[nH]c(=O)ccc12. The largest absolute Gasteiger partial charge is 0.506 e. The number of phenols is 1. The van der Waals surface area contributed by atoms with Gasteiger partial charge in [0.05, 0.1) is 22.8 Å². The Morgan fingerprint density at radius 2 is 1.77 bits per heavy atom. The number of rotatable bonds is 12. The first-order chi connectivity index (χ1) is 25.2. The number of phenolic OH excluding ortho intramolecular Hbond substituents is 1. The van der Waals surface area contributed by atoms with Gasteiger partial charge in [-0.15, -0.1) is 0 Å². The molecule has 0 unspecified atom stereocenters. The van der Waals surface area contributed by atoms with E-state index in [4.69, 9.17) is 8.84 Å². The van der Waals surface area contributed by atoms with E-state index in [2.05, 4.69) is 49.5 Å². The predicted molar refractivity (Wildman–Crippen MR) is 212 cm³/mol. The highest BCUT2D eigenvalue weighted by atomic mass is 28.4. The Balaban J connectivity index is 1.18. The molecule has 0 fully saturated rings. The number of nitrogens with one attached hydrogen (secondary N) is 3. The van der Waals surface area contributed by atoms with Crippen LogP contribution in [0.15, 0.2) is 111 Å².